The molecule has 8 nitrogen and oxygen atoms in total. The first-order valence-electron chi connectivity index (χ1n) is 8.88. The minimum Gasteiger partial charge on any atom is -0.462 e. The van der Waals surface area contributed by atoms with Gasteiger partial charge in [0.2, 0.25) is 5.88 Å². The van der Waals surface area contributed by atoms with E-state index in [0.29, 0.717) is 5.56 Å². The summed E-state index contributed by atoms with van der Waals surface area (Å²) in [5, 5.41) is 11.7. The molecule has 1 heterocycles. The van der Waals surface area contributed by atoms with Gasteiger partial charge in [0, 0.05) is 0 Å². The van der Waals surface area contributed by atoms with Gasteiger partial charge in [0.15, 0.2) is 0 Å². The smallest absolute Gasteiger partial charge is 0.344 e. The lowest BCUT2D eigenvalue weighted by atomic mass is 10.1. The van der Waals surface area contributed by atoms with E-state index < -0.39 is 17.8 Å². The Kier molecular flexibility index (Phi) is 7.32. The topological polar surface area (TPSA) is 119 Å². The number of esters is 2. The summed E-state index contributed by atoms with van der Waals surface area (Å²) in [4.78, 5) is 37.2. The number of amides is 1. The van der Waals surface area contributed by atoms with Crippen molar-refractivity contribution in [1.82, 2.24) is 0 Å². The molecule has 0 bridgehead atoms. The molecule has 1 aromatic carbocycles. The molecule has 2 aromatic rings. The van der Waals surface area contributed by atoms with Crippen LogP contribution in [0.4, 0.5) is 5.88 Å². The normalized spacial score (nSPS) is 10.8. The van der Waals surface area contributed by atoms with Crippen molar-refractivity contribution in [3.05, 3.63) is 58.4 Å². The van der Waals surface area contributed by atoms with Crippen molar-refractivity contribution in [2.45, 2.75) is 20.8 Å². The molecular weight excluding hydrogens is 376 g/mol. The zero-order chi connectivity index (χ0) is 21.4. The summed E-state index contributed by atoms with van der Waals surface area (Å²) in [5.74, 6) is -2.65. The molecule has 1 aromatic heterocycles. The molecule has 0 atom stereocenters. The van der Waals surface area contributed by atoms with Crippen LogP contribution in [0.15, 0.2) is 40.3 Å². The van der Waals surface area contributed by atoms with Crippen LogP contribution in [0.1, 0.15) is 45.9 Å². The number of nitriles is 1. The first-order chi connectivity index (χ1) is 13.9. The summed E-state index contributed by atoms with van der Waals surface area (Å²) < 4.78 is 15.4. The van der Waals surface area contributed by atoms with E-state index in [9.17, 15) is 19.6 Å². The molecule has 0 aliphatic carbocycles. The molecule has 1 N–H and O–H groups in total. The maximum Gasteiger partial charge on any atom is 0.344 e. The van der Waals surface area contributed by atoms with Crippen LogP contribution in [-0.2, 0) is 14.3 Å². The number of carbonyl (C=O) groups excluding carboxylic acids is 3. The highest BCUT2D eigenvalue weighted by Gasteiger charge is 2.31. The van der Waals surface area contributed by atoms with E-state index in [2.05, 4.69) is 5.32 Å². The Morgan fingerprint density at radius 2 is 1.66 bits per heavy atom. The monoisotopic (exact) mass is 396 g/mol. The van der Waals surface area contributed by atoms with Crippen LogP contribution < -0.4 is 5.32 Å². The second kappa shape index (κ2) is 9.90. The lowest BCUT2D eigenvalue weighted by Gasteiger charge is -2.06. The minimum atomic E-state index is -0.853. The Hall–Kier alpha value is -3.86. The predicted molar refractivity (Wildman–Crippen MR) is 104 cm³/mol. The van der Waals surface area contributed by atoms with E-state index in [1.807, 2.05) is 6.07 Å². The Balaban J connectivity index is 2.43. The summed E-state index contributed by atoms with van der Waals surface area (Å²) in [6, 6.07) is 10.6. The number of aryl methyl sites for hydroxylation is 1. The average Bonchev–Trinajstić information content (AvgIpc) is 3.03. The summed E-state index contributed by atoms with van der Waals surface area (Å²) in [6.07, 6.45) is 1.39. The van der Waals surface area contributed by atoms with Crippen molar-refractivity contribution in [1.29, 1.82) is 5.26 Å². The third-order valence-corrected chi connectivity index (χ3v) is 3.75. The lowest BCUT2D eigenvalue weighted by Crippen LogP contribution is -2.18. The second-order valence-electron chi connectivity index (χ2n) is 5.71. The van der Waals surface area contributed by atoms with Crippen LogP contribution in [0.5, 0.6) is 0 Å². The van der Waals surface area contributed by atoms with E-state index >= 15 is 0 Å². The van der Waals surface area contributed by atoms with E-state index in [1.165, 1.54) is 13.0 Å². The third kappa shape index (κ3) is 5.11. The average molecular weight is 396 g/mol. The predicted octanol–water partition coefficient (Wildman–Crippen LogP) is 3.49. The van der Waals surface area contributed by atoms with Crippen molar-refractivity contribution in [2.75, 3.05) is 18.5 Å². The minimum absolute atomic E-state index is 0.0517. The maximum atomic E-state index is 12.6. The molecule has 0 fully saturated rings. The van der Waals surface area contributed by atoms with Gasteiger partial charge in [-0.1, -0.05) is 30.3 Å². The second-order valence-corrected chi connectivity index (χ2v) is 5.71. The number of hydrogen-bond acceptors (Lipinski definition) is 7. The van der Waals surface area contributed by atoms with Crippen LogP contribution >= 0.6 is 0 Å². The van der Waals surface area contributed by atoms with E-state index in [0.717, 1.165) is 0 Å². The van der Waals surface area contributed by atoms with Gasteiger partial charge in [0.05, 0.1) is 13.2 Å². The highest BCUT2D eigenvalue weighted by Crippen LogP contribution is 2.29. The fraction of sp³-hybridized carbons (Fsp3) is 0.238. The molecule has 0 aliphatic heterocycles. The van der Waals surface area contributed by atoms with E-state index in [1.54, 1.807) is 44.2 Å². The number of rotatable bonds is 7. The largest absolute Gasteiger partial charge is 0.462 e. The van der Waals surface area contributed by atoms with E-state index in [-0.39, 0.29) is 41.6 Å². The fourth-order valence-electron chi connectivity index (χ4n) is 2.51. The zero-order valence-corrected chi connectivity index (χ0v) is 16.3. The molecule has 0 saturated heterocycles. The molecule has 0 aliphatic rings. The van der Waals surface area contributed by atoms with Crippen LogP contribution in [0.3, 0.4) is 0 Å². The Morgan fingerprint density at radius 1 is 1.07 bits per heavy atom. The highest BCUT2D eigenvalue weighted by atomic mass is 16.5. The summed E-state index contributed by atoms with van der Waals surface area (Å²) in [6.45, 7) is 4.81. The molecule has 0 spiro atoms. The van der Waals surface area contributed by atoms with Gasteiger partial charge >= 0.3 is 11.9 Å². The van der Waals surface area contributed by atoms with Crippen LogP contribution in [0.25, 0.3) is 6.08 Å². The SMILES string of the molecule is CCOC(=O)c1c(C)oc(NC(=O)/C(C#N)=C/c2ccccc2)c1C(=O)OCC. The third-order valence-electron chi connectivity index (χ3n) is 3.75. The molecule has 150 valence electrons. The quantitative estimate of drug-likeness (QED) is 0.432. The van der Waals surface area contributed by atoms with Crippen LogP contribution in [0, 0.1) is 18.3 Å². The molecule has 29 heavy (non-hydrogen) atoms. The van der Waals surface area contributed by atoms with Crippen molar-refractivity contribution in [2.24, 2.45) is 0 Å². The van der Waals surface area contributed by atoms with Gasteiger partial charge in [-0.15, -0.1) is 0 Å². The van der Waals surface area contributed by atoms with Gasteiger partial charge in [-0.25, -0.2) is 9.59 Å². The van der Waals surface area contributed by atoms with Crippen molar-refractivity contribution < 1.29 is 28.3 Å². The molecule has 0 saturated carbocycles. The molecule has 8 heteroatoms. The van der Waals surface area contributed by atoms with Crippen molar-refractivity contribution >= 4 is 29.8 Å². The number of hydrogen-bond donors (Lipinski definition) is 1. The fourth-order valence-corrected chi connectivity index (χ4v) is 2.51. The van der Waals surface area contributed by atoms with Crippen molar-refractivity contribution in [3.63, 3.8) is 0 Å². The summed E-state index contributed by atoms with van der Waals surface area (Å²) in [7, 11) is 0. The zero-order valence-electron chi connectivity index (χ0n) is 16.3. The molecule has 2 rings (SSSR count). The lowest BCUT2D eigenvalue weighted by molar-refractivity contribution is -0.112. The Bertz CT molecular complexity index is 983. The molecule has 0 unspecified atom stereocenters. The molecule has 0 radical (unpaired) electrons. The number of ether oxygens (including phenoxy) is 2. The molecule has 1 amide bonds. The van der Waals surface area contributed by atoms with E-state index in [4.69, 9.17) is 13.9 Å². The van der Waals surface area contributed by atoms with Crippen LogP contribution in [-0.4, -0.2) is 31.1 Å². The van der Waals surface area contributed by atoms with Gasteiger partial charge in [0.25, 0.3) is 5.91 Å². The summed E-state index contributed by atoms with van der Waals surface area (Å²) in [5.41, 5.74) is 0.0460. The number of benzene rings is 1. The van der Waals surface area contributed by atoms with Gasteiger partial charge < -0.3 is 13.9 Å². The number of carbonyl (C=O) groups is 3. The first-order valence-corrected chi connectivity index (χ1v) is 8.88. The van der Waals surface area contributed by atoms with Gasteiger partial charge in [-0.3, -0.25) is 10.1 Å². The van der Waals surface area contributed by atoms with Gasteiger partial charge in [-0.2, -0.15) is 5.26 Å². The van der Waals surface area contributed by atoms with Gasteiger partial charge in [-0.05, 0) is 32.4 Å². The number of nitrogens with one attached hydrogen (secondary N) is 1. The number of nitrogens with zero attached hydrogens (tertiary/aromatic N) is 1. The highest BCUT2D eigenvalue weighted by molar-refractivity contribution is 6.13. The van der Waals surface area contributed by atoms with Crippen LogP contribution in [0.2, 0.25) is 0 Å². The van der Waals surface area contributed by atoms with Gasteiger partial charge in [0.1, 0.15) is 28.5 Å². The van der Waals surface area contributed by atoms with Crippen molar-refractivity contribution in [3.8, 4) is 6.07 Å². The Labute approximate surface area is 167 Å². The standard InChI is InChI=1S/C21H20N2O6/c1-4-27-20(25)16-13(3)29-19(17(16)21(26)28-5-2)23-18(24)15(12-22)11-14-9-7-6-8-10-14/h6-11H,4-5H2,1-3H3,(H,23,24)/b15-11+. The number of anilines is 1. The first kappa shape index (κ1) is 21.4. The number of furan rings is 1. The maximum absolute atomic E-state index is 12.6. The molecular formula is C21H20N2O6. The Morgan fingerprint density at radius 3 is 2.21 bits per heavy atom. The summed E-state index contributed by atoms with van der Waals surface area (Å²) >= 11 is 0.